The highest BCUT2D eigenvalue weighted by molar-refractivity contribution is 5.89. The summed E-state index contributed by atoms with van der Waals surface area (Å²) in [5, 5.41) is 4.52. The van der Waals surface area contributed by atoms with E-state index < -0.39 is 12.1 Å². The zero-order valence-corrected chi connectivity index (χ0v) is 14.4. The molecule has 0 spiro atoms. The molecule has 0 fully saturated rings. The van der Waals surface area contributed by atoms with Gasteiger partial charge in [-0.1, -0.05) is 12.1 Å². The van der Waals surface area contributed by atoms with Crippen LogP contribution in [0.25, 0.3) is 16.6 Å². The smallest absolute Gasteiger partial charge is 0.338 e. The molecule has 4 rings (SSSR count). The Bertz CT molecular complexity index is 1150. The van der Waals surface area contributed by atoms with Gasteiger partial charge in [-0.15, -0.1) is 0 Å². The van der Waals surface area contributed by atoms with E-state index in [1.54, 1.807) is 66.5 Å². The van der Waals surface area contributed by atoms with Crippen LogP contribution in [-0.2, 0) is 4.74 Å². The first kappa shape index (κ1) is 16.6. The molecule has 134 valence electrons. The van der Waals surface area contributed by atoms with Crippen molar-refractivity contribution >= 4 is 16.9 Å². The number of fused-ring (bicyclic) bond motifs is 1. The first-order chi connectivity index (χ1) is 13.1. The van der Waals surface area contributed by atoms with Gasteiger partial charge < -0.3 is 9.72 Å². The molecular weight excluding hydrogens is 346 g/mol. The molecule has 0 aliphatic heterocycles. The van der Waals surface area contributed by atoms with E-state index in [1.165, 1.54) is 6.33 Å². The van der Waals surface area contributed by atoms with Crippen molar-refractivity contribution in [2.24, 2.45) is 0 Å². The maximum absolute atomic E-state index is 12.4. The number of carbonyl (C=O) groups excluding carboxylic acids is 1. The molecule has 8 nitrogen and oxygen atoms in total. The van der Waals surface area contributed by atoms with Gasteiger partial charge in [-0.25, -0.2) is 19.4 Å². The minimum atomic E-state index is -0.704. The minimum Gasteiger partial charge on any atom is -0.451 e. The van der Waals surface area contributed by atoms with Gasteiger partial charge in [-0.05, 0) is 43.3 Å². The lowest BCUT2D eigenvalue weighted by Gasteiger charge is -2.13. The van der Waals surface area contributed by atoms with Crippen molar-refractivity contribution < 1.29 is 9.53 Å². The largest absolute Gasteiger partial charge is 0.451 e. The van der Waals surface area contributed by atoms with Crippen LogP contribution in [0.2, 0.25) is 0 Å². The lowest BCUT2D eigenvalue weighted by atomic mass is 10.2. The zero-order valence-electron chi connectivity index (χ0n) is 14.4. The van der Waals surface area contributed by atoms with Gasteiger partial charge in [0, 0.05) is 0 Å². The molecule has 4 aromatic rings. The predicted octanol–water partition coefficient (Wildman–Crippen LogP) is 2.42. The van der Waals surface area contributed by atoms with Crippen LogP contribution >= 0.6 is 0 Å². The Morgan fingerprint density at radius 3 is 2.67 bits per heavy atom. The Hall–Kier alpha value is -3.81. The monoisotopic (exact) mass is 361 g/mol. The second-order valence-electron chi connectivity index (χ2n) is 5.90. The fraction of sp³-hybridized carbons (Fsp3) is 0.105. The van der Waals surface area contributed by atoms with E-state index in [1.807, 2.05) is 0 Å². The molecule has 2 aromatic carbocycles. The van der Waals surface area contributed by atoms with E-state index in [0.29, 0.717) is 22.3 Å². The zero-order chi connectivity index (χ0) is 18.8. The molecule has 1 atom stereocenters. The number of H-pyrrole nitrogens is 1. The van der Waals surface area contributed by atoms with Gasteiger partial charge in [0.05, 0.1) is 22.2 Å². The standard InChI is InChI=1S/C19H15N5O3/c1-12(17-22-16-5-3-2-4-15(16)18(25)23-17)27-19(26)13-6-8-14(9-7-13)24-11-20-10-21-24/h2-12H,1H3,(H,22,23,25)/t12-/m0/s1. The summed E-state index contributed by atoms with van der Waals surface area (Å²) >= 11 is 0. The fourth-order valence-electron chi connectivity index (χ4n) is 2.67. The van der Waals surface area contributed by atoms with Crippen molar-refractivity contribution in [3.63, 3.8) is 0 Å². The van der Waals surface area contributed by atoms with Gasteiger partial charge in [0.15, 0.2) is 11.9 Å². The summed E-state index contributed by atoms with van der Waals surface area (Å²) in [5.74, 6) is -0.213. The Balaban J connectivity index is 1.53. The number of benzene rings is 2. The molecule has 0 unspecified atom stereocenters. The number of nitrogens with one attached hydrogen (secondary N) is 1. The average Bonchev–Trinajstić information content (AvgIpc) is 3.23. The number of carbonyl (C=O) groups is 1. The maximum Gasteiger partial charge on any atom is 0.338 e. The van der Waals surface area contributed by atoms with Crippen LogP contribution < -0.4 is 5.56 Å². The maximum atomic E-state index is 12.4. The van der Waals surface area contributed by atoms with Crippen LogP contribution in [0.3, 0.4) is 0 Å². The third-order valence-electron chi connectivity index (χ3n) is 4.09. The fourth-order valence-corrected chi connectivity index (χ4v) is 2.67. The molecule has 8 heteroatoms. The molecule has 0 amide bonds. The van der Waals surface area contributed by atoms with Crippen molar-refractivity contribution in [3.8, 4) is 5.69 Å². The average molecular weight is 361 g/mol. The molecule has 2 aromatic heterocycles. The summed E-state index contributed by atoms with van der Waals surface area (Å²) in [6.07, 6.45) is 2.29. The summed E-state index contributed by atoms with van der Waals surface area (Å²) in [5.41, 5.74) is 1.44. The molecule has 0 saturated heterocycles. The number of aromatic amines is 1. The van der Waals surface area contributed by atoms with Crippen molar-refractivity contribution in [3.05, 3.63) is 82.9 Å². The van der Waals surface area contributed by atoms with Gasteiger partial charge in [-0.2, -0.15) is 5.10 Å². The molecule has 0 saturated carbocycles. The lowest BCUT2D eigenvalue weighted by molar-refractivity contribution is 0.0320. The van der Waals surface area contributed by atoms with E-state index in [9.17, 15) is 9.59 Å². The van der Waals surface area contributed by atoms with Crippen molar-refractivity contribution in [1.82, 2.24) is 24.7 Å². The van der Waals surface area contributed by atoms with Crippen LogP contribution in [0, 0.1) is 0 Å². The van der Waals surface area contributed by atoms with Gasteiger partial charge >= 0.3 is 5.97 Å². The van der Waals surface area contributed by atoms with Crippen molar-refractivity contribution in [2.75, 3.05) is 0 Å². The van der Waals surface area contributed by atoms with E-state index in [-0.39, 0.29) is 5.56 Å². The summed E-state index contributed by atoms with van der Waals surface area (Å²) in [4.78, 5) is 35.5. The number of hydrogen-bond acceptors (Lipinski definition) is 6. The van der Waals surface area contributed by atoms with Crippen molar-refractivity contribution in [2.45, 2.75) is 13.0 Å². The van der Waals surface area contributed by atoms with Crippen LogP contribution in [-0.4, -0.2) is 30.7 Å². The highest BCUT2D eigenvalue weighted by Crippen LogP contribution is 2.17. The summed E-state index contributed by atoms with van der Waals surface area (Å²) in [6.45, 7) is 1.66. The van der Waals surface area contributed by atoms with Crippen LogP contribution in [0.4, 0.5) is 0 Å². The van der Waals surface area contributed by atoms with E-state index in [2.05, 4.69) is 20.1 Å². The third kappa shape index (κ3) is 3.32. The van der Waals surface area contributed by atoms with E-state index in [0.717, 1.165) is 5.69 Å². The van der Waals surface area contributed by atoms with Crippen LogP contribution in [0.1, 0.15) is 29.2 Å². The Morgan fingerprint density at radius 2 is 1.93 bits per heavy atom. The summed E-state index contributed by atoms with van der Waals surface area (Å²) < 4.78 is 7.04. The Morgan fingerprint density at radius 1 is 1.15 bits per heavy atom. The summed E-state index contributed by atoms with van der Waals surface area (Å²) in [6, 6.07) is 13.8. The normalized spacial score (nSPS) is 12.0. The minimum absolute atomic E-state index is 0.268. The second kappa shape index (κ2) is 6.83. The Kier molecular flexibility index (Phi) is 4.21. The third-order valence-corrected chi connectivity index (χ3v) is 4.09. The first-order valence-corrected chi connectivity index (χ1v) is 8.27. The van der Waals surface area contributed by atoms with Gasteiger partial charge in [0.1, 0.15) is 12.7 Å². The highest BCUT2D eigenvalue weighted by Gasteiger charge is 2.17. The molecule has 1 N–H and O–H groups in total. The number of hydrogen-bond donors (Lipinski definition) is 1. The van der Waals surface area contributed by atoms with Crippen LogP contribution in [0.5, 0.6) is 0 Å². The molecular formula is C19H15N5O3. The molecule has 27 heavy (non-hydrogen) atoms. The number of ether oxygens (including phenoxy) is 1. The predicted molar refractivity (Wildman–Crippen MR) is 97.6 cm³/mol. The second-order valence-corrected chi connectivity index (χ2v) is 5.90. The van der Waals surface area contributed by atoms with Gasteiger partial charge in [-0.3, -0.25) is 4.79 Å². The Labute approximate surface area is 153 Å². The molecule has 0 aliphatic rings. The SMILES string of the molecule is C[C@H](OC(=O)c1ccc(-n2cncn2)cc1)c1nc2ccccc2c(=O)[nH]1. The first-order valence-electron chi connectivity index (χ1n) is 8.27. The number of rotatable bonds is 4. The summed E-state index contributed by atoms with van der Waals surface area (Å²) in [7, 11) is 0. The number of nitrogens with zero attached hydrogens (tertiary/aromatic N) is 4. The number of esters is 1. The molecule has 0 aliphatic carbocycles. The number of aromatic nitrogens is 5. The topological polar surface area (TPSA) is 103 Å². The lowest BCUT2D eigenvalue weighted by Crippen LogP contribution is -2.17. The van der Waals surface area contributed by atoms with Gasteiger partial charge in [0.2, 0.25) is 0 Å². The van der Waals surface area contributed by atoms with Crippen molar-refractivity contribution in [1.29, 1.82) is 0 Å². The highest BCUT2D eigenvalue weighted by atomic mass is 16.5. The number of para-hydroxylation sites is 1. The molecule has 0 radical (unpaired) electrons. The quantitative estimate of drug-likeness (QED) is 0.560. The molecule has 2 heterocycles. The molecule has 0 bridgehead atoms. The van der Waals surface area contributed by atoms with Crippen LogP contribution in [0.15, 0.2) is 66.0 Å². The van der Waals surface area contributed by atoms with E-state index in [4.69, 9.17) is 4.74 Å². The van der Waals surface area contributed by atoms with Gasteiger partial charge in [0.25, 0.3) is 5.56 Å². The van der Waals surface area contributed by atoms with E-state index >= 15 is 0 Å².